The SMILES string of the molecule is Cc1ccc(Nc2cc(N3CCN[C@H](C(N)=O)C3)nc(-n3nc(C)cc3C)n2)c(F)c1. The first-order valence-electron chi connectivity index (χ1n) is 10.0. The van der Waals surface area contributed by atoms with Crippen LogP contribution in [-0.4, -0.2) is 51.3 Å². The van der Waals surface area contributed by atoms with Gasteiger partial charge in [-0.25, -0.2) is 9.07 Å². The molecule has 2 aromatic heterocycles. The Balaban J connectivity index is 1.75. The Morgan fingerprint density at radius 3 is 2.71 bits per heavy atom. The zero-order valence-corrected chi connectivity index (χ0v) is 17.7. The first-order valence-corrected chi connectivity index (χ1v) is 10.0. The van der Waals surface area contributed by atoms with Crippen molar-refractivity contribution < 1.29 is 9.18 Å². The van der Waals surface area contributed by atoms with Gasteiger partial charge in [0.25, 0.3) is 5.95 Å². The number of piperazine rings is 1. The van der Waals surface area contributed by atoms with E-state index in [-0.39, 0.29) is 5.82 Å². The van der Waals surface area contributed by atoms with Gasteiger partial charge in [0.05, 0.1) is 11.4 Å². The lowest BCUT2D eigenvalue weighted by Gasteiger charge is -2.33. The number of primary amides is 1. The van der Waals surface area contributed by atoms with Crippen molar-refractivity contribution >= 4 is 23.2 Å². The van der Waals surface area contributed by atoms with Crippen molar-refractivity contribution in [1.82, 2.24) is 25.1 Å². The van der Waals surface area contributed by atoms with E-state index in [0.717, 1.165) is 17.0 Å². The lowest BCUT2D eigenvalue weighted by molar-refractivity contribution is -0.120. The van der Waals surface area contributed by atoms with Crippen LogP contribution in [0.25, 0.3) is 5.95 Å². The number of aryl methyl sites for hydroxylation is 3. The molecule has 3 heterocycles. The third-order valence-corrected chi connectivity index (χ3v) is 5.13. The molecule has 0 aliphatic carbocycles. The molecule has 31 heavy (non-hydrogen) atoms. The Morgan fingerprint density at radius 1 is 1.23 bits per heavy atom. The average Bonchev–Trinajstić information content (AvgIpc) is 3.08. The summed E-state index contributed by atoms with van der Waals surface area (Å²) < 4.78 is 16.1. The summed E-state index contributed by atoms with van der Waals surface area (Å²) in [5.41, 5.74) is 8.33. The Morgan fingerprint density at radius 2 is 2.03 bits per heavy atom. The van der Waals surface area contributed by atoms with E-state index >= 15 is 0 Å². The maximum atomic E-state index is 14.4. The van der Waals surface area contributed by atoms with Crippen LogP contribution in [0.15, 0.2) is 30.3 Å². The van der Waals surface area contributed by atoms with Crippen LogP contribution in [0.2, 0.25) is 0 Å². The molecule has 4 N–H and O–H groups in total. The van der Waals surface area contributed by atoms with E-state index in [1.54, 1.807) is 16.8 Å². The molecule has 4 rings (SSSR count). The fourth-order valence-electron chi connectivity index (χ4n) is 3.58. The Bertz CT molecular complexity index is 1130. The molecule has 1 amide bonds. The number of halogens is 1. The number of nitrogens with one attached hydrogen (secondary N) is 2. The van der Waals surface area contributed by atoms with Gasteiger partial charge in [-0.2, -0.15) is 15.1 Å². The molecule has 1 aliphatic heterocycles. The molecule has 10 heteroatoms. The molecule has 0 saturated carbocycles. The van der Waals surface area contributed by atoms with Crippen molar-refractivity contribution in [3.8, 4) is 5.95 Å². The Hall–Kier alpha value is -3.53. The molecule has 0 radical (unpaired) electrons. The fraction of sp³-hybridized carbons (Fsp3) is 0.333. The minimum absolute atomic E-state index is 0.310. The van der Waals surface area contributed by atoms with Crippen LogP contribution in [0.3, 0.4) is 0 Å². The van der Waals surface area contributed by atoms with E-state index in [9.17, 15) is 9.18 Å². The quantitative estimate of drug-likeness (QED) is 0.572. The number of benzene rings is 1. The highest BCUT2D eigenvalue weighted by Crippen LogP contribution is 2.24. The van der Waals surface area contributed by atoms with Gasteiger partial charge in [0.1, 0.15) is 23.5 Å². The Kier molecular flexibility index (Phi) is 5.55. The highest BCUT2D eigenvalue weighted by atomic mass is 19.1. The number of rotatable bonds is 5. The zero-order chi connectivity index (χ0) is 22.1. The minimum atomic E-state index is -0.480. The third kappa shape index (κ3) is 4.48. The van der Waals surface area contributed by atoms with Crippen LogP contribution < -0.4 is 21.3 Å². The number of carbonyl (C=O) groups excluding carboxylic acids is 1. The lowest BCUT2D eigenvalue weighted by Crippen LogP contribution is -2.56. The molecular weight excluding hydrogens is 399 g/mol. The van der Waals surface area contributed by atoms with Gasteiger partial charge in [-0.3, -0.25) is 4.79 Å². The zero-order valence-electron chi connectivity index (χ0n) is 17.7. The molecule has 1 aromatic carbocycles. The monoisotopic (exact) mass is 424 g/mol. The highest BCUT2D eigenvalue weighted by Gasteiger charge is 2.25. The average molecular weight is 424 g/mol. The van der Waals surface area contributed by atoms with E-state index < -0.39 is 11.9 Å². The molecule has 162 valence electrons. The molecule has 0 unspecified atom stereocenters. The van der Waals surface area contributed by atoms with Gasteiger partial charge in [0, 0.05) is 31.4 Å². The number of nitrogens with zero attached hydrogens (tertiary/aromatic N) is 5. The number of amides is 1. The maximum Gasteiger partial charge on any atom is 0.254 e. The van der Waals surface area contributed by atoms with Crippen molar-refractivity contribution in [3.63, 3.8) is 0 Å². The van der Waals surface area contributed by atoms with E-state index in [1.807, 2.05) is 37.8 Å². The first-order chi connectivity index (χ1) is 14.8. The predicted molar refractivity (Wildman–Crippen MR) is 116 cm³/mol. The van der Waals surface area contributed by atoms with Gasteiger partial charge in [-0.1, -0.05) is 6.07 Å². The molecule has 1 fully saturated rings. The normalized spacial score (nSPS) is 16.4. The van der Waals surface area contributed by atoms with Crippen LogP contribution in [0, 0.1) is 26.6 Å². The molecule has 3 aromatic rings. The molecule has 1 saturated heterocycles. The van der Waals surface area contributed by atoms with E-state index in [2.05, 4.69) is 25.7 Å². The largest absolute Gasteiger partial charge is 0.368 e. The summed E-state index contributed by atoms with van der Waals surface area (Å²) in [6.45, 7) is 7.23. The van der Waals surface area contributed by atoms with Crippen LogP contribution in [-0.2, 0) is 4.79 Å². The second-order valence-electron chi connectivity index (χ2n) is 7.71. The first kappa shape index (κ1) is 20.7. The number of hydrogen-bond donors (Lipinski definition) is 3. The summed E-state index contributed by atoms with van der Waals surface area (Å²) in [5.74, 6) is 0.582. The molecule has 9 nitrogen and oxygen atoms in total. The molecular formula is C21H25FN8O. The van der Waals surface area contributed by atoms with E-state index in [0.29, 0.717) is 42.9 Å². The number of carbonyl (C=O) groups is 1. The van der Waals surface area contributed by atoms with Gasteiger partial charge in [-0.15, -0.1) is 0 Å². The second kappa shape index (κ2) is 8.31. The summed E-state index contributed by atoms with van der Waals surface area (Å²) in [6, 6.07) is 8.13. The number of hydrogen-bond acceptors (Lipinski definition) is 7. The topological polar surface area (TPSA) is 114 Å². The maximum absolute atomic E-state index is 14.4. The van der Waals surface area contributed by atoms with Crippen molar-refractivity contribution in [2.75, 3.05) is 29.9 Å². The third-order valence-electron chi connectivity index (χ3n) is 5.13. The lowest BCUT2D eigenvalue weighted by atomic mass is 10.2. The van der Waals surface area contributed by atoms with Crippen molar-refractivity contribution in [1.29, 1.82) is 0 Å². The van der Waals surface area contributed by atoms with Gasteiger partial charge < -0.3 is 21.3 Å². The molecule has 0 spiro atoms. The minimum Gasteiger partial charge on any atom is -0.368 e. The smallest absolute Gasteiger partial charge is 0.254 e. The summed E-state index contributed by atoms with van der Waals surface area (Å²) in [6.07, 6.45) is 0. The van der Waals surface area contributed by atoms with Gasteiger partial charge in [-0.05, 0) is 44.5 Å². The van der Waals surface area contributed by atoms with Crippen molar-refractivity contribution in [3.05, 3.63) is 53.1 Å². The van der Waals surface area contributed by atoms with E-state index in [4.69, 9.17) is 5.73 Å². The van der Waals surface area contributed by atoms with Gasteiger partial charge >= 0.3 is 0 Å². The van der Waals surface area contributed by atoms with Crippen LogP contribution in [0.5, 0.6) is 0 Å². The van der Waals surface area contributed by atoms with Crippen LogP contribution in [0.4, 0.5) is 21.7 Å². The summed E-state index contributed by atoms with van der Waals surface area (Å²) in [7, 11) is 0. The predicted octanol–water partition coefficient (Wildman–Crippen LogP) is 1.73. The molecule has 1 aliphatic rings. The standard InChI is InChI=1S/C21H25FN8O/c1-12-4-5-16(15(22)8-12)25-18-10-19(29-7-6-24-17(11-29)20(23)31)27-21(26-18)30-14(3)9-13(2)28-30/h4-5,8-10,17,24H,6-7,11H2,1-3H3,(H2,23,31)(H,25,26,27)/t17-/m0/s1. The molecule has 0 bridgehead atoms. The molecule has 1 atom stereocenters. The van der Waals surface area contributed by atoms with Crippen LogP contribution >= 0.6 is 0 Å². The van der Waals surface area contributed by atoms with Gasteiger partial charge in [0.15, 0.2) is 0 Å². The highest BCUT2D eigenvalue weighted by molar-refractivity contribution is 5.81. The number of aromatic nitrogens is 4. The summed E-state index contributed by atoms with van der Waals surface area (Å²) >= 11 is 0. The second-order valence-corrected chi connectivity index (χ2v) is 7.71. The van der Waals surface area contributed by atoms with Crippen molar-refractivity contribution in [2.45, 2.75) is 26.8 Å². The Labute approximate surface area is 179 Å². The van der Waals surface area contributed by atoms with Crippen molar-refractivity contribution in [2.24, 2.45) is 5.73 Å². The number of nitrogens with two attached hydrogens (primary N) is 1. The van der Waals surface area contributed by atoms with E-state index in [1.165, 1.54) is 6.07 Å². The van der Waals surface area contributed by atoms with Gasteiger partial charge in [0.2, 0.25) is 5.91 Å². The number of anilines is 3. The fourth-order valence-corrected chi connectivity index (χ4v) is 3.58. The van der Waals surface area contributed by atoms with Crippen LogP contribution in [0.1, 0.15) is 17.0 Å². The summed E-state index contributed by atoms with van der Waals surface area (Å²) in [5, 5.41) is 10.6. The summed E-state index contributed by atoms with van der Waals surface area (Å²) in [4.78, 5) is 22.9.